The molecule has 2 N–H and O–H groups in total. The third-order valence-electron chi connectivity index (χ3n) is 3.63. The number of nitrogens with two attached hydrogens (primary N) is 1. The Morgan fingerprint density at radius 2 is 1.86 bits per heavy atom. The van der Waals surface area contributed by atoms with Crippen molar-refractivity contribution < 1.29 is 18.0 Å². The first-order valence-electron chi connectivity index (χ1n) is 7.02. The van der Waals surface area contributed by atoms with E-state index in [1.165, 1.54) is 12.1 Å². The van der Waals surface area contributed by atoms with Gasteiger partial charge in [-0.1, -0.05) is 32.9 Å². The molecule has 1 aromatic rings. The number of rotatable bonds is 5. The molecule has 0 fully saturated rings. The average molecular weight is 336 g/mol. The summed E-state index contributed by atoms with van der Waals surface area (Å²) in [5.41, 5.74) is 4.93. The number of aryl methyl sites for hydroxylation is 1. The molecule has 0 aliphatic heterocycles. The number of benzene rings is 1. The van der Waals surface area contributed by atoms with E-state index < -0.39 is 23.6 Å². The van der Waals surface area contributed by atoms with Gasteiger partial charge in [-0.3, -0.25) is 4.79 Å². The van der Waals surface area contributed by atoms with Crippen molar-refractivity contribution >= 4 is 17.5 Å². The van der Waals surface area contributed by atoms with Crippen molar-refractivity contribution in [3.05, 3.63) is 34.9 Å². The van der Waals surface area contributed by atoms with Crippen LogP contribution in [0.3, 0.4) is 0 Å². The summed E-state index contributed by atoms with van der Waals surface area (Å²) in [7, 11) is 0. The Kier molecular flexibility index (Phi) is 5.90. The highest BCUT2D eigenvalue weighted by Crippen LogP contribution is 2.36. The molecule has 0 aliphatic rings. The second-order valence-electron chi connectivity index (χ2n) is 6.41. The normalized spacial score (nSPS) is 14.0. The number of carbonyl (C=O) groups is 1. The summed E-state index contributed by atoms with van der Waals surface area (Å²) in [5, 5.41) is 0. The molecule has 0 aliphatic carbocycles. The quantitative estimate of drug-likeness (QED) is 0.802. The van der Waals surface area contributed by atoms with Crippen LogP contribution in [0.25, 0.3) is 0 Å². The van der Waals surface area contributed by atoms with E-state index >= 15 is 0 Å². The van der Waals surface area contributed by atoms with Gasteiger partial charge in [-0.15, -0.1) is 11.6 Å². The van der Waals surface area contributed by atoms with Gasteiger partial charge in [-0.25, -0.2) is 0 Å². The standard InChI is InChI=1S/C16H21ClF3NO/c1-15(2,3)12-7-6-10(13(8-12)16(18,19)20)4-5-11(9-17)14(21)22/h6-8,11H,4-5,9H2,1-3H3,(H2,21,22). The zero-order valence-electron chi connectivity index (χ0n) is 12.9. The third-order valence-corrected chi connectivity index (χ3v) is 4.00. The number of hydrogen-bond acceptors (Lipinski definition) is 1. The molecule has 1 aromatic carbocycles. The van der Waals surface area contributed by atoms with Gasteiger partial charge < -0.3 is 5.73 Å². The van der Waals surface area contributed by atoms with Crippen LogP contribution >= 0.6 is 11.6 Å². The fraction of sp³-hybridized carbons (Fsp3) is 0.562. The van der Waals surface area contributed by atoms with Crippen LogP contribution in [0.5, 0.6) is 0 Å². The predicted molar refractivity (Wildman–Crippen MR) is 81.9 cm³/mol. The van der Waals surface area contributed by atoms with Crippen molar-refractivity contribution in [2.24, 2.45) is 11.7 Å². The van der Waals surface area contributed by atoms with E-state index in [2.05, 4.69) is 0 Å². The average Bonchev–Trinajstić information content (AvgIpc) is 2.36. The highest BCUT2D eigenvalue weighted by molar-refractivity contribution is 6.19. The van der Waals surface area contributed by atoms with E-state index in [0.717, 1.165) is 0 Å². The second-order valence-corrected chi connectivity index (χ2v) is 6.72. The Labute approximate surface area is 133 Å². The van der Waals surface area contributed by atoms with Crippen molar-refractivity contribution in [3.8, 4) is 0 Å². The Balaban J connectivity index is 3.12. The minimum Gasteiger partial charge on any atom is -0.369 e. The van der Waals surface area contributed by atoms with Crippen LogP contribution in [-0.2, 0) is 22.8 Å². The lowest BCUT2D eigenvalue weighted by molar-refractivity contribution is -0.138. The van der Waals surface area contributed by atoms with Crippen molar-refractivity contribution in [1.82, 2.24) is 0 Å². The summed E-state index contributed by atoms with van der Waals surface area (Å²) in [6, 6.07) is 4.37. The number of amides is 1. The van der Waals surface area contributed by atoms with Crippen LogP contribution in [0.1, 0.15) is 43.9 Å². The summed E-state index contributed by atoms with van der Waals surface area (Å²) < 4.78 is 39.8. The van der Waals surface area contributed by atoms with Crippen LogP contribution in [0, 0.1) is 5.92 Å². The minimum absolute atomic E-state index is 0.0107. The van der Waals surface area contributed by atoms with Gasteiger partial charge in [-0.05, 0) is 35.4 Å². The maximum Gasteiger partial charge on any atom is 0.416 e. The summed E-state index contributed by atoms with van der Waals surface area (Å²) in [6.07, 6.45) is -4.11. The fourth-order valence-electron chi connectivity index (χ4n) is 2.15. The Morgan fingerprint density at radius 3 is 2.27 bits per heavy atom. The Morgan fingerprint density at radius 1 is 1.27 bits per heavy atom. The minimum atomic E-state index is -4.43. The molecule has 0 aromatic heterocycles. The van der Waals surface area contributed by atoms with E-state index in [1.807, 2.05) is 20.8 Å². The molecule has 2 nitrogen and oxygen atoms in total. The maximum atomic E-state index is 13.3. The molecule has 1 amide bonds. The monoisotopic (exact) mass is 335 g/mol. The van der Waals surface area contributed by atoms with Crippen LogP contribution in [0.4, 0.5) is 13.2 Å². The van der Waals surface area contributed by atoms with Gasteiger partial charge in [0.2, 0.25) is 5.91 Å². The second kappa shape index (κ2) is 6.90. The van der Waals surface area contributed by atoms with E-state index in [-0.39, 0.29) is 29.7 Å². The number of halogens is 4. The van der Waals surface area contributed by atoms with Gasteiger partial charge in [0.25, 0.3) is 0 Å². The molecule has 0 saturated heterocycles. The first kappa shape index (κ1) is 18.8. The maximum absolute atomic E-state index is 13.3. The number of hydrogen-bond donors (Lipinski definition) is 1. The molecule has 0 spiro atoms. The van der Waals surface area contributed by atoms with E-state index in [0.29, 0.717) is 5.56 Å². The molecule has 1 rings (SSSR count). The van der Waals surface area contributed by atoms with Crippen LogP contribution in [0.2, 0.25) is 0 Å². The summed E-state index contributed by atoms with van der Waals surface area (Å²) >= 11 is 5.62. The Bertz CT molecular complexity index is 535. The SMILES string of the molecule is CC(C)(C)c1ccc(CCC(CCl)C(N)=O)c(C(F)(F)F)c1. The Hall–Kier alpha value is -1.23. The summed E-state index contributed by atoms with van der Waals surface area (Å²) in [4.78, 5) is 11.1. The van der Waals surface area contributed by atoms with Crippen LogP contribution in [-0.4, -0.2) is 11.8 Å². The number of alkyl halides is 4. The van der Waals surface area contributed by atoms with Gasteiger partial charge in [-0.2, -0.15) is 13.2 Å². The predicted octanol–water partition coefficient (Wildman–Crippen LogP) is 4.28. The molecule has 124 valence electrons. The van der Waals surface area contributed by atoms with Gasteiger partial charge >= 0.3 is 6.18 Å². The highest BCUT2D eigenvalue weighted by Gasteiger charge is 2.34. The molecular weight excluding hydrogens is 315 g/mol. The number of carbonyl (C=O) groups excluding carboxylic acids is 1. The lowest BCUT2D eigenvalue weighted by Gasteiger charge is -2.22. The molecule has 0 bridgehead atoms. The zero-order valence-corrected chi connectivity index (χ0v) is 13.7. The van der Waals surface area contributed by atoms with Gasteiger partial charge in [0.15, 0.2) is 0 Å². The molecule has 0 radical (unpaired) electrons. The van der Waals surface area contributed by atoms with Crippen molar-refractivity contribution in [3.63, 3.8) is 0 Å². The fourth-order valence-corrected chi connectivity index (χ4v) is 2.46. The smallest absolute Gasteiger partial charge is 0.369 e. The molecule has 0 heterocycles. The van der Waals surface area contributed by atoms with Crippen LogP contribution < -0.4 is 5.73 Å². The zero-order chi connectivity index (χ0) is 17.1. The van der Waals surface area contributed by atoms with Crippen molar-refractivity contribution in [2.75, 3.05) is 5.88 Å². The lowest BCUT2D eigenvalue weighted by atomic mass is 9.84. The molecule has 1 unspecified atom stereocenters. The molecule has 6 heteroatoms. The highest BCUT2D eigenvalue weighted by atomic mass is 35.5. The van der Waals surface area contributed by atoms with E-state index in [4.69, 9.17) is 17.3 Å². The van der Waals surface area contributed by atoms with Crippen molar-refractivity contribution in [2.45, 2.75) is 45.2 Å². The van der Waals surface area contributed by atoms with Gasteiger partial charge in [0.1, 0.15) is 0 Å². The van der Waals surface area contributed by atoms with E-state index in [9.17, 15) is 18.0 Å². The first-order valence-corrected chi connectivity index (χ1v) is 7.56. The number of primary amides is 1. The third kappa shape index (κ3) is 4.90. The lowest BCUT2D eigenvalue weighted by Crippen LogP contribution is -2.25. The van der Waals surface area contributed by atoms with Gasteiger partial charge in [0.05, 0.1) is 11.5 Å². The summed E-state index contributed by atoms with van der Waals surface area (Å²) in [5.74, 6) is -1.20. The first-order chi connectivity index (χ1) is 9.96. The summed E-state index contributed by atoms with van der Waals surface area (Å²) in [6.45, 7) is 5.58. The topological polar surface area (TPSA) is 43.1 Å². The largest absolute Gasteiger partial charge is 0.416 e. The van der Waals surface area contributed by atoms with E-state index in [1.54, 1.807) is 6.07 Å². The molecule has 1 atom stereocenters. The van der Waals surface area contributed by atoms with Crippen LogP contribution in [0.15, 0.2) is 18.2 Å². The van der Waals surface area contributed by atoms with Gasteiger partial charge in [0, 0.05) is 5.88 Å². The molecular formula is C16H21ClF3NO. The van der Waals surface area contributed by atoms with Crippen molar-refractivity contribution in [1.29, 1.82) is 0 Å². The molecule has 22 heavy (non-hydrogen) atoms. The molecule has 0 saturated carbocycles.